The number of rotatable bonds is 32. The van der Waals surface area contributed by atoms with E-state index in [1.807, 2.05) is 144 Å². The molecule has 8 heterocycles. The highest BCUT2D eigenvalue weighted by Crippen LogP contribution is 2.46. The van der Waals surface area contributed by atoms with Gasteiger partial charge < -0.3 is 77.3 Å². The lowest BCUT2D eigenvalue weighted by Gasteiger charge is -2.37. The van der Waals surface area contributed by atoms with E-state index in [1.165, 1.54) is 39.9 Å². The Labute approximate surface area is 716 Å². The van der Waals surface area contributed by atoms with Gasteiger partial charge >= 0.3 is 0 Å². The maximum absolute atomic E-state index is 14.0. The molecular formula is C95H114N12O12S2. The Morgan fingerprint density at radius 2 is 0.942 bits per heavy atom. The number of piperazine rings is 3. The van der Waals surface area contributed by atoms with Gasteiger partial charge in [-0.25, -0.2) is 17.7 Å². The molecule has 638 valence electrons. The molecule has 3 atom stereocenters. The van der Waals surface area contributed by atoms with Crippen molar-refractivity contribution in [3.8, 4) is 40.2 Å². The number of fused-ring (bicyclic) bond motifs is 4. The number of aryl methyl sites for hydroxylation is 1. The number of sulfonamides is 1. The van der Waals surface area contributed by atoms with Crippen LogP contribution in [0.5, 0.6) is 40.2 Å². The molecule has 121 heavy (non-hydrogen) atoms. The van der Waals surface area contributed by atoms with Crippen LogP contribution in [0.15, 0.2) is 192 Å². The number of amides is 3. The number of thiophene rings is 1. The van der Waals surface area contributed by atoms with Crippen LogP contribution >= 0.6 is 11.3 Å². The summed E-state index contributed by atoms with van der Waals surface area (Å²) in [6.07, 6.45) is 9.06. The van der Waals surface area contributed by atoms with E-state index < -0.39 is 10.0 Å². The number of hydrogen-bond donors (Lipinski definition) is 1. The molecule has 1 N–H and O–H groups in total. The Morgan fingerprint density at radius 1 is 0.488 bits per heavy atom. The normalized spacial score (nSPS) is 16.9. The van der Waals surface area contributed by atoms with Crippen molar-refractivity contribution < 1.29 is 56.0 Å². The molecule has 10 aromatic rings. The second-order valence-corrected chi connectivity index (χ2v) is 35.0. The van der Waals surface area contributed by atoms with Gasteiger partial charge in [-0.1, -0.05) is 79.7 Å². The summed E-state index contributed by atoms with van der Waals surface area (Å²) in [7, 11) is 7.84. The van der Waals surface area contributed by atoms with Crippen LogP contribution in [0.2, 0.25) is 0 Å². The first-order chi connectivity index (χ1) is 59.1. The van der Waals surface area contributed by atoms with Crippen LogP contribution in [0.25, 0.3) is 11.0 Å². The van der Waals surface area contributed by atoms with Crippen molar-refractivity contribution in [3.63, 3.8) is 0 Å². The van der Waals surface area contributed by atoms with E-state index in [4.69, 9.17) is 33.2 Å². The number of anilines is 3. The number of ether oxygens (including phenoxy) is 7. The van der Waals surface area contributed by atoms with Gasteiger partial charge in [0.15, 0.2) is 34.5 Å². The van der Waals surface area contributed by atoms with E-state index >= 15 is 0 Å². The zero-order chi connectivity index (χ0) is 84.1. The fraction of sp³-hybridized carbons (Fsp3) is 0.411. The van der Waals surface area contributed by atoms with Gasteiger partial charge in [-0.3, -0.25) is 19.3 Å². The molecular weight excluding hydrogens is 1570 g/mol. The average Bonchev–Trinajstić information content (AvgIpc) is 1.62. The number of carbonyl (C=O) groups excluding carboxylic acids is 3. The first kappa shape index (κ1) is 85.1. The molecule has 0 radical (unpaired) electrons. The van der Waals surface area contributed by atoms with Gasteiger partial charge in [0.1, 0.15) is 9.96 Å². The molecule has 4 fully saturated rings. The Kier molecular flexibility index (Phi) is 27.7. The molecule has 3 amide bonds. The predicted octanol–water partition coefficient (Wildman–Crippen LogP) is 14.9. The quantitative estimate of drug-likeness (QED) is 0.0389. The third kappa shape index (κ3) is 18.9. The molecule has 26 heteroatoms. The van der Waals surface area contributed by atoms with Crippen LogP contribution in [0.3, 0.4) is 0 Å². The zero-order valence-corrected chi connectivity index (χ0v) is 72.6. The Bertz CT molecular complexity index is 5320. The summed E-state index contributed by atoms with van der Waals surface area (Å²) in [6.45, 7) is 18.7. The predicted molar refractivity (Wildman–Crippen MR) is 476 cm³/mol. The highest BCUT2D eigenvalue weighted by Gasteiger charge is 2.41. The third-order valence-corrected chi connectivity index (χ3v) is 28.1. The Morgan fingerprint density at radius 3 is 1.40 bits per heavy atom. The van der Waals surface area contributed by atoms with Gasteiger partial charge in [0.25, 0.3) is 27.7 Å². The first-order valence-electron chi connectivity index (χ1n) is 42.6. The van der Waals surface area contributed by atoms with Crippen LogP contribution < -0.4 is 53.2 Å². The lowest BCUT2D eigenvalue weighted by molar-refractivity contribution is 0.0678. The number of hydrogen-bond acceptors (Lipinski definition) is 20. The summed E-state index contributed by atoms with van der Waals surface area (Å²) in [6, 6.07) is 58.0. The van der Waals surface area contributed by atoms with E-state index in [0.717, 1.165) is 196 Å². The average molecular weight is 1680 g/mol. The summed E-state index contributed by atoms with van der Waals surface area (Å²) in [5, 5.41) is 5.16. The maximum Gasteiger partial charge on any atom is 0.255 e. The van der Waals surface area contributed by atoms with Gasteiger partial charge in [0.05, 0.1) is 84.8 Å². The molecule has 1 saturated carbocycles. The number of benzene rings is 8. The molecule has 0 spiro atoms. The number of likely N-dealkylation sites (N-methyl/N-ethyl adjacent to an activating group) is 1. The smallest absolute Gasteiger partial charge is 0.255 e. The van der Waals surface area contributed by atoms with Gasteiger partial charge in [-0.05, 0) is 183 Å². The second-order valence-electron chi connectivity index (χ2n) is 31.8. The Balaban J connectivity index is 0.000000141. The van der Waals surface area contributed by atoms with Crippen molar-refractivity contribution in [1.29, 1.82) is 0 Å². The second kappa shape index (κ2) is 39.3. The summed E-state index contributed by atoms with van der Waals surface area (Å²) < 4.78 is 69.2. The lowest BCUT2D eigenvalue weighted by atomic mass is 9.99. The largest absolute Gasteiger partial charge is 0.494 e. The zero-order valence-electron chi connectivity index (χ0n) is 70.9. The summed E-state index contributed by atoms with van der Waals surface area (Å²) in [4.78, 5) is 64.8. The van der Waals surface area contributed by atoms with Gasteiger partial charge in [-0.15, -0.1) is 11.3 Å². The number of imidazole rings is 1. The number of nitrogens with zero attached hydrogens (tertiary/aromatic N) is 11. The third-order valence-electron chi connectivity index (χ3n) is 24.9. The molecule has 17 rings (SSSR count). The van der Waals surface area contributed by atoms with Crippen LogP contribution in [-0.2, 0) is 36.2 Å². The van der Waals surface area contributed by atoms with Crippen molar-refractivity contribution in [2.45, 2.75) is 113 Å². The van der Waals surface area contributed by atoms with Crippen molar-refractivity contribution >= 4 is 67.2 Å². The monoisotopic (exact) mass is 1680 g/mol. The molecule has 0 bridgehead atoms. The number of nitrogens with one attached hydrogen (secondary N) is 1. The minimum atomic E-state index is -3.55. The molecule has 8 aromatic carbocycles. The van der Waals surface area contributed by atoms with Crippen LogP contribution in [0.4, 0.5) is 17.1 Å². The van der Waals surface area contributed by atoms with Crippen molar-refractivity contribution in [1.82, 2.24) is 43.7 Å². The van der Waals surface area contributed by atoms with E-state index in [9.17, 15) is 22.8 Å². The van der Waals surface area contributed by atoms with E-state index in [0.29, 0.717) is 84.3 Å². The van der Waals surface area contributed by atoms with Gasteiger partial charge in [0.2, 0.25) is 0 Å². The highest BCUT2D eigenvalue weighted by atomic mass is 32.2. The lowest BCUT2D eigenvalue weighted by Crippen LogP contribution is -2.47. The summed E-state index contributed by atoms with van der Waals surface area (Å²) in [5.41, 5.74) is 14.4. The fourth-order valence-corrected chi connectivity index (χ4v) is 20.6. The molecule has 2 aromatic heterocycles. The molecule has 3 saturated heterocycles. The maximum atomic E-state index is 14.0. The van der Waals surface area contributed by atoms with Crippen molar-refractivity contribution in [2.75, 3.05) is 163 Å². The van der Waals surface area contributed by atoms with E-state index in [1.54, 1.807) is 67.2 Å². The van der Waals surface area contributed by atoms with Gasteiger partial charge in [0, 0.05) is 175 Å². The molecule has 0 unspecified atom stereocenters. The van der Waals surface area contributed by atoms with Crippen LogP contribution in [0, 0.1) is 0 Å². The molecule has 1 aliphatic carbocycles. The Hall–Kier alpha value is -10.9. The number of methoxy groups -OCH3 is 6. The number of carbonyl (C=O) groups is 3. The molecule has 24 nitrogen and oxygen atoms in total. The first-order valence-corrected chi connectivity index (χ1v) is 44.9. The SMILES string of the molecule is CCN1CCN(c2cccc3c2CN([C@H](CCCn2cnc4ccccc42)c2ccc(OC)c(OC)c2)C3=O)CC1.COc1ccc([C@@H](CCCN(C)S(=O)(=O)c2cccs2)N2Cc3c(cccc3N3CCNCC3)C2=O)cc1OC.COc1ccc([C@@H](CCCOc2ccccc2)N2Cc3c(cccc3N3CCN(C4CC4)CC3)C2=O)cc1OC. The summed E-state index contributed by atoms with van der Waals surface area (Å²) >= 11 is 1.21. The topological polar surface area (TPSA) is 209 Å². The minimum absolute atomic E-state index is 0.00803. The van der Waals surface area contributed by atoms with Crippen LogP contribution in [-0.4, -0.2) is 218 Å². The summed E-state index contributed by atoms with van der Waals surface area (Å²) in [5.74, 6) is 4.97. The number of aromatic nitrogens is 2. The fourth-order valence-electron chi connectivity index (χ4n) is 18.1. The van der Waals surface area contributed by atoms with E-state index in [-0.39, 0.29) is 35.8 Å². The van der Waals surface area contributed by atoms with Crippen molar-refractivity contribution in [2.24, 2.45) is 0 Å². The standard InChI is InChI=1S/C33H39N5O3.C33H39N3O4.C29H36N4O5S2/c1-4-35-17-19-36(20-18-35)29-12-7-9-25-26(29)22-38(33(25)39)28(24-14-15-31(40-2)32(21-24)41-3)13-8-16-37-23-34-27-10-5-6-11-30(27)37;1-38-31-16-13-24(22-32(31)39-2)29(12-7-21-40-26-8-4-3-5-9-26)36-23-28-27(33(36)37)10-6-11-30(28)35-19-17-34(18-20-35)25-14-15-25;1-31(40(35,36)28-10-6-18-39-28)15-5-9-24(21-11-12-26(37-2)27(19-21)38-3)33-20-23-22(29(33)34)7-4-8-25(23)32-16-13-30-14-17-32/h5-7,9-12,14-15,21,23,28H,4,8,13,16-20,22H2,1-3H3;3-6,8-11,13,16,22,25,29H,7,12,14-15,17-21,23H2,1-2H3;4,6-8,10-12,18-19,24,30H,5,9,13-17,20H2,1-3H3/t28-;29-;24-/m111/s1. The molecule has 6 aliphatic heterocycles. The van der Waals surface area contributed by atoms with Gasteiger partial charge in [-0.2, -0.15) is 0 Å². The van der Waals surface area contributed by atoms with Crippen molar-refractivity contribution in [3.05, 3.63) is 238 Å². The number of para-hydroxylation sites is 3. The van der Waals surface area contributed by atoms with Crippen LogP contribution in [0.1, 0.15) is 141 Å². The van der Waals surface area contributed by atoms with E-state index in [2.05, 4.69) is 87.6 Å². The molecule has 7 aliphatic rings. The highest BCUT2D eigenvalue weighted by molar-refractivity contribution is 7.91. The minimum Gasteiger partial charge on any atom is -0.494 e.